The molecule has 1 fully saturated rings. The molecule has 0 unspecified atom stereocenters. The topological polar surface area (TPSA) is 27.6 Å². The quantitative estimate of drug-likeness (QED) is 0.366. The molecule has 1 N–H and O–H groups in total. The summed E-state index contributed by atoms with van der Waals surface area (Å²) in [7, 11) is 0. The molecule has 20 heavy (non-hydrogen) atoms. The van der Waals surface area contributed by atoms with Crippen molar-refractivity contribution in [1.29, 1.82) is 0 Å². The molecular weight excluding hydrogens is 361 g/mol. The Labute approximate surface area is 138 Å². The number of aliphatic imine (C=N–C) groups is 1. The van der Waals surface area contributed by atoms with Crippen molar-refractivity contribution in [3.63, 3.8) is 0 Å². The third-order valence-corrected chi connectivity index (χ3v) is 3.17. The van der Waals surface area contributed by atoms with Crippen molar-refractivity contribution < 1.29 is 0 Å². The number of rotatable bonds is 2. The molecule has 1 aromatic rings. The van der Waals surface area contributed by atoms with Gasteiger partial charge in [0.1, 0.15) is 6.54 Å². The van der Waals surface area contributed by atoms with Crippen LogP contribution in [0.15, 0.2) is 35.3 Å². The zero-order valence-electron chi connectivity index (χ0n) is 11.9. The fraction of sp³-hybridized carbons (Fsp3) is 0.438. The lowest BCUT2D eigenvalue weighted by molar-refractivity contribution is 0.341. The third kappa shape index (κ3) is 5.41. The first-order valence-electron chi connectivity index (χ1n) is 6.91. The van der Waals surface area contributed by atoms with E-state index in [1.165, 1.54) is 19.3 Å². The molecule has 0 radical (unpaired) electrons. The Morgan fingerprint density at radius 1 is 1.20 bits per heavy atom. The van der Waals surface area contributed by atoms with Gasteiger partial charge in [0.15, 0.2) is 5.96 Å². The van der Waals surface area contributed by atoms with Crippen LogP contribution in [0.3, 0.4) is 0 Å². The van der Waals surface area contributed by atoms with Crippen LogP contribution in [0.5, 0.6) is 0 Å². The van der Waals surface area contributed by atoms with E-state index in [2.05, 4.69) is 39.2 Å². The van der Waals surface area contributed by atoms with Crippen molar-refractivity contribution in [2.24, 2.45) is 4.99 Å². The molecule has 1 aromatic carbocycles. The Kier molecular flexibility index (Phi) is 8.12. The van der Waals surface area contributed by atoms with Crippen LogP contribution in [0.2, 0.25) is 0 Å². The lowest BCUT2D eigenvalue weighted by Crippen LogP contribution is -2.40. The van der Waals surface area contributed by atoms with Crippen molar-refractivity contribution in [1.82, 2.24) is 4.90 Å². The molecule has 0 spiro atoms. The van der Waals surface area contributed by atoms with Gasteiger partial charge in [0, 0.05) is 18.8 Å². The molecule has 0 aromatic heterocycles. The Bertz CT molecular complexity index is 467. The van der Waals surface area contributed by atoms with Gasteiger partial charge in [0.05, 0.1) is 0 Å². The van der Waals surface area contributed by atoms with Crippen molar-refractivity contribution in [2.75, 3.05) is 25.0 Å². The van der Waals surface area contributed by atoms with Crippen molar-refractivity contribution in [3.8, 4) is 11.8 Å². The molecule has 0 saturated carbocycles. The molecule has 1 heterocycles. The normalized spacial score (nSPS) is 14.8. The number of halogens is 1. The Morgan fingerprint density at radius 2 is 1.90 bits per heavy atom. The predicted molar refractivity (Wildman–Crippen MR) is 96.7 cm³/mol. The summed E-state index contributed by atoms with van der Waals surface area (Å²) in [5.74, 6) is 6.84. The molecule has 0 amide bonds. The van der Waals surface area contributed by atoms with Crippen LogP contribution in [0, 0.1) is 11.8 Å². The van der Waals surface area contributed by atoms with E-state index < -0.39 is 0 Å². The predicted octanol–water partition coefficient (Wildman–Crippen LogP) is 3.58. The molecule has 0 atom stereocenters. The van der Waals surface area contributed by atoms with E-state index in [0.717, 1.165) is 24.7 Å². The highest BCUT2D eigenvalue weighted by Crippen LogP contribution is 2.12. The molecule has 108 valence electrons. The average Bonchev–Trinajstić information content (AvgIpc) is 2.48. The largest absolute Gasteiger partial charge is 0.343 e. The molecule has 1 aliphatic rings. The number of hydrogen-bond acceptors (Lipinski definition) is 1. The van der Waals surface area contributed by atoms with Gasteiger partial charge in [-0.2, -0.15) is 0 Å². The standard InChI is InChI=1S/C16H21N3.HI/c1-2-3-12-17-16(19-13-8-5-9-14-19)18-15-10-6-4-7-11-15;/h4,6-7,10-11H,5,8-9,12-14H2,1H3,(H,17,18);1H. The number of para-hydroxylation sites is 1. The Hall–Kier alpha value is -1.22. The molecule has 0 aliphatic carbocycles. The number of likely N-dealkylation sites (tertiary alicyclic amines) is 1. The highest BCUT2D eigenvalue weighted by molar-refractivity contribution is 14.0. The van der Waals surface area contributed by atoms with E-state index in [0.29, 0.717) is 6.54 Å². The number of anilines is 1. The van der Waals surface area contributed by atoms with Gasteiger partial charge in [-0.05, 0) is 38.3 Å². The van der Waals surface area contributed by atoms with E-state index >= 15 is 0 Å². The highest BCUT2D eigenvalue weighted by Gasteiger charge is 2.14. The van der Waals surface area contributed by atoms with Gasteiger partial charge in [0.25, 0.3) is 0 Å². The first kappa shape index (κ1) is 16.8. The minimum atomic E-state index is 0. The third-order valence-electron chi connectivity index (χ3n) is 3.17. The Morgan fingerprint density at radius 3 is 2.55 bits per heavy atom. The zero-order chi connectivity index (χ0) is 13.3. The number of nitrogens with zero attached hydrogens (tertiary/aromatic N) is 2. The van der Waals surface area contributed by atoms with Crippen LogP contribution in [0.1, 0.15) is 26.2 Å². The molecule has 2 rings (SSSR count). The van der Waals surface area contributed by atoms with Gasteiger partial charge < -0.3 is 10.2 Å². The molecular formula is C16H22IN3. The van der Waals surface area contributed by atoms with E-state index in [-0.39, 0.29) is 24.0 Å². The van der Waals surface area contributed by atoms with Crippen LogP contribution >= 0.6 is 24.0 Å². The maximum absolute atomic E-state index is 4.59. The second kappa shape index (κ2) is 9.65. The number of benzene rings is 1. The minimum Gasteiger partial charge on any atom is -0.343 e. The monoisotopic (exact) mass is 383 g/mol. The first-order valence-corrected chi connectivity index (χ1v) is 6.91. The number of hydrogen-bond donors (Lipinski definition) is 1. The zero-order valence-corrected chi connectivity index (χ0v) is 14.3. The number of piperidine rings is 1. The summed E-state index contributed by atoms with van der Waals surface area (Å²) in [5, 5.41) is 3.42. The van der Waals surface area contributed by atoms with E-state index in [4.69, 9.17) is 0 Å². The van der Waals surface area contributed by atoms with Gasteiger partial charge in [-0.15, -0.1) is 29.9 Å². The highest BCUT2D eigenvalue weighted by atomic mass is 127. The Balaban J connectivity index is 0.00000200. The molecule has 1 aliphatic heterocycles. The summed E-state index contributed by atoms with van der Waals surface area (Å²) in [4.78, 5) is 6.92. The average molecular weight is 383 g/mol. The minimum absolute atomic E-state index is 0. The van der Waals surface area contributed by atoms with Gasteiger partial charge in [-0.25, -0.2) is 4.99 Å². The fourth-order valence-electron chi connectivity index (χ4n) is 2.17. The van der Waals surface area contributed by atoms with Crippen LogP contribution < -0.4 is 5.32 Å². The molecule has 3 nitrogen and oxygen atoms in total. The number of guanidine groups is 1. The lowest BCUT2D eigenvalue weighted by atomic mass is 10.1. The second-order valence-corrected chi connectivity index (χ2v) is 4.61. The van der Waals surface area contributed by atoms with Gasteiger partial charge in [-0.3, -0.25) is 0 Å². The van der Waals surface area contributed by atoms with Crippen LogP contribution in [-0.4, -0.2) is 30.5 Å². The lowest BCUT2D eigenvalue weighted by Gasteiger charge is -2.30. The van der Waals surface area contributed by atoms with E-state index in [1.807, 2.05) is 25.1 Å². The summed E-state index contributed by atoms with van der Waals surface area (Å²) in [5.41, 5.74) is 1.08. The van der Waals surface area contributed by atoms with Crippen molar-refractivity contribution >= 4 is 35.6 Å². The van der Waals surface area contributed by atoms with Gasteiger partial charge >= 0.3 is 0 Å². The SMILES string of the molecule is CC#CCN=C(Nc1ccccc1)N1CCCCC1.I. The van der Waals surface area contributed by atoms with Crippen LogP contribution in [0.25, 0.3) is 0 Å². The summed E-state index contributed by atoms with van der Waals surface area (Å²) in [6.45, 7) is 4.57. The fourth-order valence-corrected chi connectivity index (χ4v) is 2.17. The summed E-state index contributed by atoms with van der Waals surface area (Å²) in [6, 6.07) is 10.2. The maximum Gasteiger partial charge on any atom is 0.199 e. The summed E-state index contributed by atoms with van der Waals surface area (Å²) < 4.78 is 0. The molecule has 1 saturated heterocycles. The van der Waals surface area contributed by atoms with Gasteiger partial charge in [0.2, 0.25) is 0 Å². The van der Waals surface area contributed by atoms with Crippen LogP contribution in [0.4, 0.5) is 5.69 Å². The van der Waals surface area contributed by atoms with Crippen LogP contribution in [-0.2, 0) is 0 Å². The smallest absolute Gasteiger partial charge is 0.199 e. The second-order valence-electron chi connectivity index (χ2n) is 4.61. The first-order chi connectivity index (χ1) is 9.40. The van der Waals surface area contributed by atoms with Crippen molar-refractivity contribution in [3.05, 3.63) is 30.3 Å². The van der Waals surface area contributed by atoms with E-state index in [1.54, 1.807) is 0 Å². The summed E-state index contributed by atoms with van der Waals surface area (Å²) in [6.07, 6.45) is 3.81. The maximum atomic E-state index is 4.59. The summed E-state index contributed by atoms with van der Waals surface area (Å²) >= 11 is 0. The van der Waals surface area contributed by atoms with Crippen molar-refractivity contribution in [2.45, 2.75) is 26.2 Å². The molecule has 4 heteroatoms. The molecule has 0 bridgehead atoms. The number of nitrogens with one attached hydrogen (secondary N) is 1. The van der Waals surface area contributed by atoms with Gasteiger partial charge in [-0.1, -0.05) is 24.1 Å². The van der Waals surface area contributed by atoms with E-state index in [9.17, 15) is 0 Å².